The lowest BCUT2D eigenvalue weighted by molar-refractivity contribution is 0.103. The molecule has 0 unspecified atom stereocenters. The fourth-order valence-corrected chi connectivity index (χ4v) is 4.04. The molecule has 0 aliphatic rings. The SMILES string of the molecule is O=C(c1cccs1)c1nn(-c2cccc(Cl)c2)c2nc(-c3ccccc3)cc(=O)n12. The Morgan fingerprint density at radius 2 is 1.80 bits per heavy atom. The van der Waals surface area contributed by atoms with E-state index in [0.29, 0.717) is 21.3 Å². The molecule has 3 heterocycles. The maximum absolute atomic E-state index is 13.1. The van der Waals surface area contributed by atoms with Gasteiger partial charge in [-0.2, -0.15) is 4.68 Å². The quantitative estimate of drug-likeness (QED) is 0.392. The maximum atomic E-state index is 13.1. The lowest BCUT2D eigenvalue weighted by Gasteiger charge is -2.05. The molecule has 30 heavy (non-hydrogen) atoms. The zero-order valence-electron chi connectivity index (χ0n) is 15.4. The second kappa shape index (κ2) is 7.37. The topological polar surface area (TPSA) is 69.3 Å². The van der Waals surface area contributed by atoms with Crippen molar-refractivity contribution in [3.8, 4) is 16.9 Å². The number of hydrogen-bond acceptors (Lipinski definition) is 5. The molecule has 0 fully saturated rings. The van der Waals surface area contributed by atoms with Crippen molar-refractivity contribution in [3.63, 3.8) is 0 Å². The predicted molar refractivity (Wildman–Crippen MR) is 117 cm³/mol. The minimum absolute atomic E-state index is 0.00420. The molecule has 0 bridgehead atoms. The van der Waals surface area contributed by atoms with Crippen LogP contribution in [-0.2, 0) is 0 Å². The van der Waals surface area contributed by atoms with Gasteiger partial charge >= 0.3 is 0 Å². The number of halogens is 1. The van der Waals surface area contributed by atoms with Gasteiger partial charge in [0.25, 0.3) is 5.56 Å². The molecular weight excluding hydrogens is 420 g/mol. The standard InChI is InChI=1S/C22H13ClN4O2S/c23-15-8-4-9-16(12-15)27-22-24-17(14-6-2-1-3-7-14)13-19(28)26(22)21(25-27)20(29)18-10-5-11-30-18/h1-13H. The van der Waals surface area contributed by atoms with Gasteiger partial charge in [0.15, 0.2) is 0 Å². The zero-order valence-corrected chi connectivity index (χ0v) is 17.0. The Bertz CT molecular complexity index is 1440. The summed E-state index contributed by atoms with van der Waals surface area (Å²) in [6.07, 6.45) is 0. The van der Waals surface area contributed by atoms with Crippen LogP contribution in [0.2, 0.25) is 5.02 Å². The van der Waals surface area contributed by atoms with E-state index in [-0.39, 0.29) is 22.9 Å². The summed E-state index contributed by atoms with van der Waals surface area (Å²) in [4.78, 5) is 31.3. The van der Waals surface area contributed by atoms with Crippen LogP contribution in [0, 0.1) is 0 Å². The molecule has 6 nitrogen and oxygen atoms in total. The average molecular weight is 433 g/mol. The van der Waals surface area contributed by atoms with Crippen molar-refractivity contribution >= 4 is 34.5 Å². The summed E-state index contributed by atoms with van der Waals surface area (Å²) in [7, 11) is 0. The Labute approximate surface area is 179 Å². The molecule has 5 rings (SSSR count). The van der Waals surface area contributed by atoms with Gasteiger partial charge < -0.3 is 0 Å². The number of benzene rings is 2. The monoisotopic (exact) mass is 432 g/mol. The van der Waals surface area contributed by atoms with Gasteiger partial charge in [0.05, 0.1) is 16.3 Å². The summed E-state index contributed by atoms with van der Waals surface area (Å²) in [5.74, 6) is -0.0970. The molecule has 0 radical (unpaired) electrons. The molecule has 0 N–H and O–H groups in total. The van der Waals surface area contributed by atoms with Crippen molar-refractivity contribution in [1.82, 2.24) is 19.2 Å². The van der Waals surface area contributed by atoms with Crippen LogP contribution >= 0.6 is 22.9 Å². The second-order valence-electron chi connectivity index (χ2n) is 6.50. The number of aromatic nitrogens is 4. The molecule has 5 aromatic rings. The summed E-state index contributed by atoms with van der Waals surface area (Å²) in [5.41, 5.74) is 1.51. The van der Waals surface area contributed by atoms with Crippen molar-refractivity contribution in [3.05, 3.63) is 104 Å². The smallest absolute Gasteiger partial charge is 0.261 e. The van der Waals surface area contributed by atoms with Gasteiger partial charge in [-0.25, -0.2) is 9.38 Å². The van der Waals surface area contributed by atoms with E-state index in [1.165, 1.54) is 26.5 Å². The Morgan fingerprint density at radius 1 is 0.967 bits per heavy atom. The van der Waals surface area contributed by atoms with Crippen molar-refractivity contribution in [1.29, 1.82) is 0 Å². The molecule has 3 aromatic heterocycles. The highest BCUT2D eigenvalue weighted by Gasteiger charge is 2.23. The Balaban J connectivity index is 1.82. The fourth-order valence-electron chi connectivity index (χ4n) is 3.20. The van der Waals surface area contributed by atoms with Crippen molar-refractivity contribution < 1.29 is 4.79 Å². The predicted octanol–water partition coefficient (Wildman–Crippen LogP) is 4.49. The van der Waals surface area contributed by atoms with Gasteiger partial charge in [0.2, 0.25) is 17.4 Å². The average Bonchev–Trinajstić information content (AvgIpc) is 3.42. The molecule has 0 aliphatic heterocycles. The van der Waals surface area contributed by atoms with Crippen LogP contribution in [-0.4, -0.2) is 24.9 Å². The lowest BCUT2D eigenvalue weighted by atomic mass is 10.1. The Morgan fingerprint density at radius 3 is 2.53 bits per heavy atom. The number of nitrogens with zero attached hydrogens (tertiary/aromatic N) is 4. The van der Waals surface area contributed by atoms with E-state index in [1.54, 1.807) is 41.8 Å². The third-order valence-electron chi connectivity index (χ3n) is 4.57. The molecule has 0 spiro atoms. The van der Waals surface area contributed by atoms with E-state index in [9.17, 15) is 9.59 Å². The first-order chi connectivity index (χ1) is 14.6. The van der Waals surface area contributed by atoms with E-state index in [0.717, 1.165) is 5.56 Å². The number of carbonyl (C=O) groups excluding carboxylic acids is 1. The molecule has 8 heteroatoms. The highest BCUT2D eigenvalue weighted by atomic mass is 35.5. The van der Waals surface area contributed by atoms with Crippen LogP contribution in [0.25, 0.3) is 22.7 Å². The lowest BCUT2D eigenvalue weighted by Crippen LogP contribution is -2.19. The van der Waals surface area contributed by atoms with Crippen molar-refractivity contribution in [2.24, 2.45) is 0 Å². The van der Waals surface area contributed by atoms with Gasteiger partial charge in [-0.1, -0.05) is 54.1 Å². The minimum Gasteiger partial charge on any atom is -0.284 e. The van der Waals surface area contributed by atoms with E-state index < -0.39 is 0 Å². The fraction of sp³-hybridized carbons (Fsp3) is 0. The van der Waals surface area contributed by atoms with E-state index >= 15 is 0 Å². The molecule has 0 saturated heterocycles. The molecule has 0 atom stereocenters. The molecule has 2 aromatic carbocycles. The Hall–Kier alpha value is -3.55. The van der Waals surface area contributed by atoms with Gasteiger partial charge in [-0.15, -0.1) is 16.4 Å². The largest absolute Gasteiger partial charge is 0.284 e. The molecule has 146 valence electrons. The second-order valence-corrected chi connectivity index (χ2v) is 7.89. The molecular formula is C22H13ClN4O2S. The summed E-state index contributed by atoms with van der Waals surface area (Å²) in [5, 5.41) is 6.78. The number of hydrogen-bond donors (Lipinski definition) is 0. The van der Waals surface area contributed by atoms with Crippen LogP contribution in [0.15, 0.2) is 83.0 Å². The van der Waals surface area contributed by atoms with Crippen LogP contribution in [0.5, 0.6) is 0 Å². The summed E-state index contributed by atoms with van der Waals surface area (Å²) < 4.78 is 2.72. The van der Waals surface area contributed by atoms with Crippen LogP contribution in [0.1, 0.15) is 15.5 Å². The van der Waals surface area contributed by atoms with Gasteiger partial charge in [0, 0.05) is 16.7 Å². The first kappa shape index (κ1) is 18.5. The van der Waals surface area contributed by atoms with Gasteiger partial charge in [-0.05, 0) is 29.6 Å². The van der Waals surface area contributed by atoms with E-state index in [2.05, 4.69) is 10.1 Å². The molecule has 0 saturated carbocycles. The van der Waals surface area contributed by atoms with Crippen molar-refractivity contribution in [2.45, 2.75) is 0 Å². The minimum atomic E-state index is -0.382. The Kier molecular flexibility index (Phi) is 4.54. The first-order valence-corrected chi connectivity index (χ1v) is 10.3. The summed E-state index contributed by atoms with van der Waals surface area (Å²) >= 11 is 7.45. The first-order valence-electron chi connectivity index (χ1n) is 9.04. The van der Waals surface area contributed by atoms with Gasteiger partial charge in [-0.3, -0.25) is 9.59 Å². The third-order valence-corrected chi connectivity index (χ3v) is 5.67. The number of thiophene rings is 1. The maximum Gasteiger partial charge on any atom is 0.261 e. The molecule has 0 aliphatic carbocycles. The highest BCUT2D eigenvalue weighted by Crippen LogP contribution is 2.21. The highest BCUT2D eigenvalue weighted by molar-refractivity contribution is 7.12. The van der Waals surface area contributed by atoms with Crippen LogP contribution in [0.3, 0.4) is 0 Å². The molecule has 0 amide bonds. The number of carbonyl (C=O) groups is 1. The van der Waals surface area contributed by atoms with Crippen molar-refractivity contribution in [2.75, 3.05) is 0 Å². The van der Waals surface area contributed by atoms with Gasteiger partial charge in [0.1, 0.15) is 0 Å². The zero-order chi connectivity index (χ0) is 20.7. The third kappa shape index (κ3) is 3.14. The number of rotatable bonds is 4. The number of ketones is 1. The van der Waals surface area contributed by atoms with Crippen LogP contribution < -0.4 is 5.56 Å². The van der Waals surface area contributed by atoms with Crippen LogP contribution in [0.4, 0.5) is 0 Å². The summed E-state index contributed by atoms with van der Waals surface area (Å²) in [6, 6.07) is 21.3. The van der Waals surface area contributed by atoms with E-state index in [1.807, 2.05) is 30.3 Å². The van der Waals surface area contributed by atoms with E-state index in [4.69, 9.17) is 11.6 Å². The number of fused-ring (bicyclic) bond motifs is 1. The summed E-state index contributed by atoms with van der Waals surface area (Å²) in [6.45, 7) is 0. The normalized spacial score (nSPS) is 11.1.